The first kappa shape index (κ1) is 13.5. The van der Waals surface area contributed by atoms with Crippen molar-refractivity contribution >= 4 is 22.6 Å². The number of ether oxygens (including phenoxy) is 1. The Labute approximate surface area is 128 Å². The van der Waals surface area contributed by atoms with Crippen molar-refractivity contribution in [2.24, 2.45) is 0 Å². The molecule has 0 aliphatic carbocycles. The van der Waals surface area contributed by atoms with E-state index in [4.69, 9.17) is 4.74 Å². The van der Waals surface area contributed by atoms with E-state index < -0.39 is 0 Å². The minimum Gasteiger partial charge on any atom is -0.488 e. The molecular formula is C14H12FIN2O2. The first-order chi connectivity index (χ1) is 9.54. The van der Waals surface area contributed by atoms with Gasteiger partial charge in [0.1, 0.15) is 23.5 Å². The van der Waals surface area contributed by atoms with Crippen molar-refractivity contribution in [3.8, 4) is 5.75 Å². The number of hydrogen-bond donors (Lipinski definition) is 0. The van der Waals surface area contributed by atoms with Crippen LogP contribution < -0.4 is 10.3 Å². The van der Waals surface area contributed by atoms with Crippen molar-refractivity contribution in [1.29, 1.82) is 0 Å². The van der Waals surface area contributed by atoms with Gasteiger partial charge in [0.15, 0.2) is 0 Å². The van der Waals surface area contributed by atoms with Crippen molar-refractivity contribution in [3.05, 3.63) is 55.5 Å². The Kier molecular flexibility index (Phi) is 3.49. The van der Waals surface area contributed by atoms with E-state index >= 15 is 0 Å². The summed E-state index contributed by atoms with van der Waals surface area (Å²) in [5.41, 5.74) is 0.781. The molecule has 1 aliphatic rings. The number of hydrogen-bond acceptors (Lipinski definition) is 3. The minimum absolute atomic E-state index is 0.0659. The summed E-state index contributed by atoms with van der Waals surface area (Å²) in [6.07, 6.45) is 2.00. The standard InChI is InChI=1S/C14H12FIN2O2/c1-8-17-6-12(16)14(19)18(8)7-11-5-9-4-10(15)2-3-13(9)20-11/h2-4,6,11H,5,7H2,1H3. The van der Waals surface area contributed by atoms with Crippen LogP contribution in [0.25, 0.3) is 0 Å². The van der Waals surface area contributed by atoms with Crippen LogP contribution >= 0.6 is 22.6 Å². The molecule has 1 aliphatic heterocycles. The molecule has 0 saturated heterocycles. The monoisotopic (exact) mass is 386 g/mol. The van der Waals surface area contributed by atoms with Gasteiger partial charge < -0.3 is 4.74 Å². The Bertz CT molecular complexity index is 730. The molecule has 2 heterocycles. The quantitative estimate of drug-likeness (QED) is 0.745. The predicted molar refractivity (Wildman–Crippen MR) is 80.5 cm³/mol. The van der Waals surface area contributed by atoms with Gasteiger partial charge in [0.25, 0.3) is 5.56 Å². The first-order valence-corrected chi connectivity index (χ1v) is 7.29. The van der Waals surface area contributed by atoms with Crippen molar-refractivity contribution in [1.82, 2.24) is 9.55 Å². The van der Waals surface area contributed by atoms with Gasteiger partial charge in [-0.15, -0.1) is 0 Å². The van der Waals surface area contributed by atoms with E-state index in [-0.39, 0.29) is 17.5 Å². The first-order valence-electron chi connectivity index (χ1n) is 6.21. The van der Waals surface area contributed by atoms with Crippen molar-refractivity contribution in [2.75, 3.05) is 0 Å². The number of aromatic nitrogens is 2. The fraction of sp³-hybridized carbons (Fsp3) is 0.286. The van der Waals surface area contributed by atoms with Crippen molar-refractivity contribution in [3.63, 3.8) is 0 Å². The molecule has 0 radical (unpaired) electrons. The summed E-state index contributed by atoms with van der Waals surface area (Å²) in [5, 5.41) is 0. The van der Waals surface area contributed by atoms with E-state index in [1.165, 1.54) is 12.1 Å². The van der Waals surface area contributed by atoms with Gasteiger partial charge in [0, 0.05) is 18.2 Å². The van der Waals surface area contributed by atoms with Crippen LogP contribution in [0.5, 0.6) is 5.75 Å². The highest BCUT2D eigenvalue weighted by Crippen LogP contribution is 2.29. The molecule has 20 heavy (non-hydrogen) atoms. The van der Waals surface area contributed by atoms with Crippen molar-refractivity contribution < 1.29 is 9.13 Å². The van der Waals surface area contributed by atoms with Gasteiger partial charge in [-0.05, 0) is 47.7 Å². The molecule has 1 aromatic heterocycles. The van der Waals surface area contributed by atoms with Crippen LogP contribution in [0.4, 0.5) is 4.39 Å². The zero-order chi connectivity index (χ0) is 14.3. The molecule has 0 saturated carbocycles. The third-order valence-corrected chi connectivity index (χ3v) is 4.09. The Morgan fingerprint density at radius 1 is 1.55 bits per heavy atom. The summed E-state index contributed by atoms with van der Waals surface area (Å²) in [5.74, 6) is 1.08. The molecule has 104 valence electrons. The second-order valence-corrected chi connectivity index (χ2v) is 5.93. The van der Waals surface area contributed by atoms with Gasteiger partial charge in [-0.3, -0.25) is 9.36 Å². The molecule has 1 aromatic carbocycles. The van der Waals surface area contributed by atoms with Gasteiger partial charge in [-0.25, -0.2) is 9.37 Å². The number of aryl methyl sites for hydroxylation is 1. The van der Waals surface area contributed by atoms with E-state index in [1.807, 2.05) is 22.6 Å². The fourth-order valence-corrected chi connectivity index (χ4v) is 2.79. The lowest BCUT2D eigenvalue weighted by Crippen LogP contribution is -2.32. The molecule has 0 amide bonds. The molecule has 2 aromatic rings. The highest BCUT2D eigenvalue weighted by molar-refractivity contribution is 14.1. The second kappa shape index (κ2) is 5.16. The lowest BCUT2D eigenvalue weighted by Gasteiger charge is -2.14. The van der Waals surface area contributed by atoms with Gasteiger partial charge >= 0.3 is 0 Å². The molecule has 3 rings (SSSR count). The summed E-state index contributed by atoms with van der Waals surface area (Å²) in [6, 6.07) is 4.50. The lowest BCUT2D eigenvalue weighted by atomic mass is 10.1. The Hall–Kier alpha value is -1.44. The second-order valence-electron chi connectivity index (χ2n) is 4.77. The van der Waals surface area contributed by atoms with Crippen LogP contribution in [0, 0.1) is 16.3 Å². The SMILES string of the molecule is Cc1ncc(I)c(=O)n1CC1Cc2cc(F)ccc2O1. The van der Waals surface area contributed by atoms with Crippen LogP contribution in [0.1, 0.15) is 11.4 Å². The van der Waals surface area contributed by atoms with E-state index in [0.29, 0.717) is 28.1 Å². The lowest BCUT2D eigenvalue weighted by molar-refractivity contribution is 0.205. The number of fused-ring (bicyclic) bond motifs is 1. The largest absolute Gasteiger partial charge is 0.488 e. The maximum atomic E-state index is 13.2. The summed E-state index contributed by atoms with van der Waals surface area (Å²) in [6.45, 7) is 2.21. The Balaban J connectivity index is 1.85. The normalized spacial score (nSPS) is 16.9. The van der Waals surface area contributed by atoms with Gasteiger partial charge in [-0.1, -0.05) is 0 Å². The molecule has 0 N–H and O–H groups in total. The van der Waals surface area contributed by atoms with Crippen LogP contribution in [-0.4, -0.2) is 15.7 Å². The Morgan fingerprint density at radius 3 is 3.15 bits per heavy atom. The summed E-state index contributed by atoms with van der Waals surface area (Å²) < 4.78 is 21.1. The van der Waals surface area contributed by atoms with E-state index in [2.05, 4.69) is 4.98 Å². The molecule has 6 heteroatoms. The Morgan fingerprint density at radius 2 is 2.35 bits per heavy atom. The summed E-state index contributed by atoms with van der Waals surface area (Å²) in [7, 11) is 0. The maximum absolute atomic E-state index is 13.2. The average molecular weight is 386 g/mol. The zero-order valence-electron chi connectivity index (χ0n) is 10.8. The highest BCUT2D eigenvalue weighted by Gasteiger charge is 2.24. The summed E-state index contributed by atoms with van der Waals surface area (Å²) in [4.78, 5) is 16.3. The van der Waals surface area contributed by atoms with E-state index in [9.17, 15) is 9.18 Å². The fourth-order valence-electron chi connectivity index (χ4n) is 2.36. The van der Waals surface area contributed by atoms with Gasteiger partial charge in [0.2, 0.25) is 0 Å². The molecule has 1 unspecified atom stereocenters. The molecule has 4 nitrogen and oxygen atoms in total. The highest BCUT2D eigenvalue weighted by atomic mass is 127. The topological polar surface area (TPSA) is 44.1 Å². The number of nitrogens with zero attached hydrogens (tertiary/aromatic N) is 2. The number of benzene rings is 1. The third-order valence-electron chi connectivity index (χ3n) is 3.35. The number of rotatable bonds is 2. The van der Waals surface area contributed by atoms with Crippen LogP contribution in [-0.2, 0) is 13.0 Å². The molecule has 0 bridgehead atoms. The van der Waals surface area contributed by atoms with Crippen molar-refractivity contribution in [2.45, 2.75) is 26.0 Å². The molecule has 0 fully saturated rings. The van der Waals surface area contributed by atoms with E-state index in [1.54, 1.807) is 23.8 Å². The maximum Gasteiger partial charge on any atom is 0.267 e. The summed E-state index contributed by atoms with van der Waals surface area (Å²) >= 11 is 1.97. The minimum atomic E-state index is -0.266. The average Bonchev–Trinajstić information content (AvgIpc) is 2.81. The molecular weight excluding hydrogens is 374 g/mol. The van der Waals surface area contributed by atoms with Gasteiger partial charge in [0.05, 0.1) is 10.1 Å². The third kappa shape index (κ3) is 2.44. The van der Waals surface area contributed by atoms with Crippen LogP contribution in [0.3, 0.4) is 0 Å². The van der Waals surface area contributed by atoms with E-state index in [0.717, 1.165) is 5.56 Å². The van der Waals surface area contributed by atoms with Crippen LogP contribution in [0.2, 0.25) is 0 Å². The smallest absolute Gasteiger partial charge is 0.267 e. The zero-order valence-corrected chi connectivity index (χ0v) is 12.9. The van der Waals surface area contributed by atoms with Gasteiger partial charge in [-0.2, -0.15) is 0 Å². The van der Waals surface area contributed by atoms with Crippen LogP contribution in [0.15, 0.2) is 29.2 Å². The predicted octanol–water partition coefficient (Wildman–Crippen LogP) is 2.30. The molecule has 0 spiro atoms. The number of halogens is 2. The molecule has 1 atom stereocenters.